The first-order valence-electron chi connectivity index (χ1n) is 8.28. The lowest BCUT2D eigenvalue weighted by atomic mass is 9.82. The van der Waals surface area contributed by atoms with Crippen LogP contribution in [0.25, 0.3) is 10.2 Å². The van der Waals surface area contributed by atoms with E-state index < -0.39 is 0 Å². The molecule has 0 spiro atoms. The van der Waals surface area contributed by atoms with Crippen molar-refractivity contribution in [2.45, 2.75) is 25.7 Å². The van der Waals surface area contributed by atoms with E-state index in [4.69, 9.17) is 4.98 Å². The number of carbonyl (C=O) groups is 1. The molecule has 5 heteroatoms. The smallest absolute Gasteiger partial charge is 0.224 e. The Balaban J connectivity index is 1.73. The van der Waals surface area contributed by atoms with Gasteiger partial charge < -0.3 is 10.6 Å². The molecule has 2 aromatic rings. The monoisotopic (exact) mass is 329 g/mol. The molecule has 23 heavy (non-hydrogen) atoms. The first kappa shape index (κ1) is 16.1. The van der Waals surface area contributed by atoms with Crippen LogP contribution in [0, 0.1) is 5.92 Å². The number of rotatable bonds is 6. The number of carbonyl (C=O) groups excluding carboxylic acids is 1. The Kier molecular flexibility index (Phi) is 5.41. The molecule has 2 N–H and O–H groups in total. The molecule has 1 aromatic carbocycles. The van der Waals surface area contributed by atoms with E-state index in [9.17, 15) is 4.79 Å². The van der Waals surface area contributed by atoms with Crippen molar-refractivity contribution < 1.29 is 4.79 Å². The van der Waals surface area contributed by atoms with Crippen molar-refractivity contribution >= 4 is 27.5 Å². The minimum atomic E-state index is -0.0119. The van der Waals surface area contributed by atoms with Crippen molar-refractivity contribution in [3.63, 3.8) is 0 Å². The standard InChI is InChI=1S/C18H23N3OS/c1-2-19-11-12-20-17(22)13-7-3-4-8-14(13)18-21-15-9-5-6-10-16(15)23-18/h3-6,9-10,13-14,19H,2,7-8,11-12H2,1H3,(H,20,22). The highest BCUT2D eigenvalue weighted by atomic mass is 32.1. The molecular weight excluding hydrogens is 306 g/mol. The summed E-state index contributed by atoms with van der Waals surface area (Å²) in [6.07, 6.45) is 6.00. The third kappa shape index (κ3) is 3.79. The van der Waals surface area contributed by atoms with Gasteiger partial charge in [-0.05, 0) is 31.5 Å². The number of hydrogen-bond donors (Lipinski definition) is 2. The number of thiazole rings is 1. The maximum absolute atomic E-state index is 12.6. The highest BCUT2D eigenvalue weighted by molar-refractivity contribution is 7.18. The van der Waals surface area contributed by atoms with Gasteiger partial charge in [-0.25, -0.2) is 4.98 Å². The van der Waals surface area contributed by atoms with Gasteiger partial charge in [0, 0.05) is 19.0 Å². The van der Waals surface area contributed by atoms with Crippen LogP contribution in [-0.2, 0) is 4.79 Å². The van der Waals surface area contributed by atoms with E-state index in [0.717, 1.165) is 36.5 Å². The van der Waals surface area contributed by atoms with E-state index in [0.29, 0.717) is 6.54 Å². The molecule has 1 heterocycles. The van der Waals surface area contributed by atoms with Crippen LogP contribution < -0.4 is 10.6 Å². The fraction of sp³-hybridized carbons (Fsp3) is 0.444. The highest BCUT2D eigenvalue weighted by Crippen LogP contribution is 2.38. The predicted molar refractivity (Wildman–Crippen MR) is 95.8 cm³/mol. The molecule has 0 saturated heterocycles. The Bertz CT molecular complexity index is 661. The second-order valence-electron chi connectivity index (χ2n) is 5.82. The quantitative estimate of drug-likeness (QED) is 0.632. The van der Waals surface area contributed by atoms with Gasteiger partial charge in [-0.3, -0.25) is 4.79 Å². The maximum Gasteiger partial charge on any atom is 0.224 e. The van der Waals surface area contributed by atoms with Gasteiger partial charge >= 0.3 is 0 Å². The number of nitrogens with one attached hydrogen (secondary N) is 2. The Morgan fingerprint density at radius 1 is 1.26 bits per heavy atom. The summed E-state index contributed by atoms with van der Waals surface area (Å²) in [6.45, 7) is 4.49. The summed E-state index contributed by atoms with van der Waals surface area (Å²) in [6, 6.07) is 8.19. The van der Waals surface area contributed by atoms with Crippen molar-refractivity contribution in [2.75, 3.05) is 19.6 Å². The molecule has 0 saturated carbocycles. The highest BCUT2D eigenvalue weighted by Gasteiger charge is 2.32. The Morgan fingerprint density at radius 2 is 2.09 bits per heavy atom. The van der Waals surface area contributed by atoms with Crippen molar-refractivity contribution in [3.05, 3.63) is 41.4 Å². The van der Waals surface area contributed by atoms with E-state index in [-0.39, 0.29) is 17.7 Å². The molecule has 2 unspecified atom stereocenters. The summed E-state index contributed by atoms with van der Waals surface area (Å²) in [4.78, 5) is 17.3. The predicted octanol–water partition coefficient (Wildman–Crippen LogP) is 3.07. The molecule has 3 rings (SSSR count). The van der Waals surface area contributed by atoms with Gasteiger partial charge in [-0.15, -0.1) is 11.3 Å². The molecule has 1 aliphatic rings. The van der Waals surface area contributed by atoms with Gasteiger partial charge in [0.05, 0.1) is 21.1 Å². The molecule has 0 bridgehead atoms. The van der Waals surface area contributed by atoms with Crippen LogP contribution in [0.1, 0.15) is 30.7 Å². The van der Waals surface area contributed by atoms with Crippen molar-refractivity contribution in [1.82, 2.24) is 15.6 Å². The Labute approximate surface area is 141 Å². The fourth-order valence-corrected chi connectivity index (χ4v) is 4.15. The van der Waals surface area contributed by atoms with Crippen LogP contribution in [0.3, 0.4) is 0 Å². The lowest BCUT2D eigenvalue weighted by molar-refractivity contribution is -0.125. The van der Waals surface area contributed by atoms with Crippen molar-refractivity contribution in [2.24, 2.45) is 5.92 Å². The van der Waals surface area contributed by atoms with E-state index in [2.05, 4.69) is 35.8 Å². The topological polar surface area (TPSA) is 54.0 Å². The number of hydrogen-bond acceptors (Lipinski definition) is 4. The number of allylic oxidation sites excluding steroid dienone is 2. The molecule has 122 valence electrons. The fourth-order valence-electron chi connectivity index (χ4n) is 3.01. The van der Waals surface area contributed by atoms with Gasteiger partial charge in [-0.2, -0.15) is 0 Å². The van der Waals surface area contributed by atoms with E-state index in [1.807, 2.05) is 18.2 Å². The average molecular weight is 329 g/mol. The van der Waals surface area contributed by atoms with Gasteiger partial charge in [0.15, 0.2) is 0 Å². The van der Waals surface area contributed by atoms with E-state index in [1.54, 1.807) is 11.3 Å². The Hall–Kier alpha value is -1.72. The van der Waals surface area contributed by atoms with Crippen molar-refractivity contribution in [3.8, 4) is 0 Å². The van der Waals surface area contributed by atoms with Gasteiger partial charge in [0.1, 0.15) is 0 Å². The normalized spacial score (nSPS) is 20.7. The summed E-state index contributed by atoms with van der Waals surface area (Å²) in [7, 11) is 0. The number of likely N-dealkylation sites (N-methyl/N-ethyl adjacent to an activating group) is 1. The maximum atomic E-state index is 12.6. The SMILES string of the molecule is CCNCCNC(=O)C1CC=CCC1c1nc2ccccc2s1. The number of aromatic nitrogens is 1. The molecule has 1 aromatic heterocycles. The summed E-state index contributed by atoms with van der Waals surface area (Å²) >= 11 is 1.72. The lowest BCUT2D eigenvalue weighted by Crippen LogP contribution is -2.38. The number of fused-ring (bicyclic) bond motifs is 1. The summed E-state index contributed by atoms with van der Waals surface area (Å²) in [5, 5.41) is 7.38. The molecule has 1 aliphatic carbocycles. The number of benzene rings is 1. The zero-order valence-corrected chi connectivity index (χ0v) is 14.2. The zero-order valence-electron chi connectivity index (χ0n) is 13.4. The van der Waals surface area contributed by atoms with Crippen LogP contribution in [0.2, 0.25) is 0 Å². The molecular formula is C18H23N3OS. The van der Waals surface area contributed by atoms with Crippen LogP contribution in [-0.4, -0.2) is 30.5 Å². The average Bonchev–Trinajstić information content (AvgIpc) is 3.02. The van der Waals surface area contributed by atoms with Crippen LogP contribution in [0.15, 0.2) is 36.4 Å². The minimum absolute atomic E-state index is 0.0119. The van der Waals surface area contributed by atoms with Gasteiger partial charge in [-0.1, -0.05) is 31.2 Å². The van der Waals surface area contributed by atoms with Crippen LogP contribution in [0.5, 0.6) is 0 Å². The summed E-state index contributed by atoms with van der Waals surface area (Å²) in [5.74, 6) is 0.329. The third-order valence-corrected chi connectivity index (χ3v) is 5.42. The first-order valence-corrected chi connectivity index (χ1v) is 9.10. The second-order valence-corrected chi connectivity index (χ2v) is 6.88. The van der Waals surface area contributed by atoms with Gasteiger partial charge in [0.25, 0.3) is 0 Å². The molecule has 0 radical (unpaired) electrons. The first-order chi connectivity index (χ1) is 11.3. The summed E-state index contributed by atoms with van der Waals surface area (Å²) in [5.41, 5.74) is 1.04. The number of para-hydroxylation sites is 1. The van der Waals surface area contributed by atoms with Gasteiger partial charge in [0.2, 0.25) is 5.91 Å². The molecule has 0 aliphatic heterocycles. The Morgan fingerprint density at radius 3 is 2.91 bits per heavy atom. The number of nitrogens with zero attached hydrogens (tertiary/aromatic N) is 1. The third-order valence-electron chi connectivity index (χ3n) is 4.25. The zero-order chi connectivity index (χ0) is 16.1. The summed E-state index contributed by atoms with van der Waals surface area (Å²) < 4.78 is 1.20. The lowest BCUT2D eigenvalue weighted by Gasteiger charge is -2.26. The molecule has 1 amide bonds. The number of amides is 1. The van der Waals surface area contributed by atoms with Crippen LogP contribution in [0.4, 0.5) is 0 Å². The van der Waals surface area contributed by atoms with Crippen molar-refractivity contribution in [1.29, 1.82) is 0 Å². The molecule has 0 fully saturated rings. The van der Waals surface area contributed by atoms with E-state index in [1.165, 1.54) is 4.70 Å². The minimum Gasteiger partial charge on any atom is -0.355 e. The molecule has 4 nitrogen and oxygen atoms in total. The van der Waals surface area contributed by atoms with Crippen LogP contribution >= 0.6 is 11.3 Å². The molecule has 2 atom stereocenters. The largest absolute Gasteiger partial charge is 0.355 e. The second kappa shape index (κ2) is 7.70. The van der Waals surface area contributed by atoms with E-state index >= 15 is 0 Å².